The number of carbonyl (C=O) groups is 2. The van der Waals surface area contributed by atoms with Gasteiger partial charge < -0.3 is 4.74 Å². The summed E-state index contributed by atoms with van der Waals surface area (Å²) >= 11 is 0.908. The molecule has 5 nitrogen and oxygen atoms in total. The Morgan fingerprint density at radius 2 is 1.96 bits per heavy atom. The molecule has 0 saturated carbocycles. The van der Waals surface area contributed by atoms with E-state index in [9.17, 15) is 9.59 Å². The van der Waals surface area contributed by atoms with Gasteiger partial charge in [0.2, 0.25) is 0 Å². The number of aromatic nitrogens is 1. The Balaban J connectivity index is 1.56. The van der Waals surface area contributed by atoms with Crippen molar-refractivity contribution in [3.8, 4) is 5.75 Å². The van der Waals surface area contributed by atoms with E-state index in [4.69, 9.17) is 4.74 Å². The average molecular weight is 326 g/mol. The zero-order chi connectivity index (χ0) is 16.1. The quantitative estimate of drug-likeness (QED) is 0.855. The molecule has 2 aromatic rings. The van der Waals surface area contributed by atoms with Crippen LogP contribution in [0.5, 0.6) is 5.75 Å². The number of nitrogens with zero attached hydrogens (tertiary/aromatic N) is 1. The summed E-state index contributed by atoms with van der Waals surface area (Å²) < 4.78 is 5.67. The first-order valence-electron chi connectivity index (χ1n) is 7.08. The van der Waals surface area contributed by atoms with Gasteiger partial charge in [0, 0.05) is 18.3 Å². The van der Waals surface area contributed by atoms with Crippen LogP contribution in [0.3, 0.4) is 0 Å². The highest BCUT2D eigenvalue weighted by Crippen LogP contribution is 2.26. The van der Waals surface area contributed by atoms with Crippen LogP contribution in [0.25, 0.3) is 6.08 Å². The van der Waals surface area contributed by atoms with Crippen LogP contribution in [-0.2, 0) is 11.2 Å². The minimum atomic E-state index is -0.351. The van der Waals surface area contributed by atoms with Crippen molar-refractivity contribution in [1.82, 2.24) is 10.3 Å². The second-order valence-corrected chi connectivity index (χ2v) is 5.86. The van der Waals surface area contributed by atoms with Gasteiger partial charge in [0.1, 0.15) is 5.75 Å². The molecule has 23 heavy (non-hydrogen) atoms. The Bertz CT molecular complexity index is 742. The lowest BCUT2D eigenvalue weighted by atomic mass is 10.2. The van der Waals surface area contributed by atoms with E-state index in [0.717, 1.165) is 35.2 Å². The molecule has 1 aromatic carbocycles. The average Bonchev–Trinajstić information content (AvgIpc) is 2.88. The molecule has 3 rings (SSSR count). The summed E-state index contributed by atoms with van der Waals surface area (Å²) in [6, 6.07) is 13.2. The summed E-state index contributed by atoms with van der Waals surface area (Å²) in [5.74, 6) is 0.401. The van der Waals surface area contributed by atoms with Crippen LogP contribution in [0.1, 0.15) is 11.3 Å². The molecule has 1 aromatic heterocycles. The highest BCUT2D eigenvalue weighted by molar-refractivity contribution is 8.18. The molecule has 0 bridgehead atoms. The number of pyridine rings is 1. The Kier molecular flexibility index (Phi) is 4.73. The second-order valence-electron chi connectivity index (χ2n) is 4.84. The number of amides is 2. The summed E-state index contributed by atoms with van der Waals surface area (Å²) in [6.45, 7) is 0.546. The Morgan fingerprint density at radius 3 is 2.61 bits per heavy atom. The molecule has 2 heterocycles. The SMILES string of the molecule is O=C1NC(=O)C(=Cc2ccc(OCCc3ccccn3)cc2)S1. The Hall–Kier alpha value is -2.60. The third-order valence-electron chi connectivity index (χ3n) is 3.17. The highest BCUT2D eigenvalue weighted by atomic mass is 32.2. The van der Waals surface area contributed by atoms with Crippen molar-refractivity contribution >= 4 is 29.0 Å². The molecule has 1 saturated heterocycles. The predicted molar refractivity (Wildman–Crippen MR) is 89.0 cm³/mol. The fourth-order valence-electron chi connectivity index (χ4n) is 2.05. The van der Waals surface area contributed by atoms with E-state index in [1.165, 1.54) is 0 Å². The van der Waals surface area contributed by atoms with Crippen molar-refractivity contribution < 1.29 is 14.3 Å². The van der Waals surface area contributed by atoms with Gasteiger partial charge >= 0.3 is 0 Å². The fraction of sp³-hybridized carbons (Fsp3) is 0.118. The summed E-state index contributed by atoms with van der Waals surface area (Å²) in [4.78, 5) is 27.2. The monoisotopic (exact) mass is 326 g/mol. The molecule has 1 aliphatic heterocycles. The van der Waals surface area contributed by atoms with Gasteiger partial charge in [0.25, 0.3) is 11.1 Å². The van der Waals surface area contributed by atoms with Crippen molar-refractivity contribution in [2.24, 2.45) is 0 Å². The summed E-state index contributed by atoms with van der Waals surface area (Å²) in [7, 11) is 0. The Morgan fingerprint density at radius 1 is 1.13 bits per heavy atom. The second kappa shape index (κ2) is 7.11. The summed E-state index contributed by atoms with van der Waals surface area (Å²) in [5.41, 5.74) is 1.83. The number of imide groups is 1. The van der Waals surface area contributed by atoms with Gasteiger partial charge in [0.15, 0.2) is 0 Å². The van der Waals surface area contributed by atoms with Gasteiger partial charge in [-0.3, -0.25) is 19.9 Å². The van der Waals surface area contributed by atoms with E-state index in [1.54, 1.807) is 12.3 Å². The lowest BCUT2D eigenvalue weighted by molar-refractivity contribution is -0.115. The predicted octanol–water partition coefficient (Wildman–Crippen LogP) is 3.03. The van der Waals surface area contributed by atoms with Gasteiger partial charge in [-0.1, -0.05) is 18.2 Å². The molecule has 116 valence electrons. The molecule has 2 amide bonds. The number of hydrogen-bond donors (Lipinski definition) is 1. The molecule has 0 atom stereocenters. The van der Waals surface area contributed by atoms with Crippen molar-refractivity contribution in [2.75, 3.05) is 6.61 Å². The number of benzene rings is 1. The minimum Gasteiger partial charge on any atom is -0.493 e. The molecule has 0 unspecified atom stereocenters. The molecule has 1 N–H and O–H groups in total. The van der Waals surface area contributed by atoms with Crippen LogP contribution in [-0.4, -0.2) is 22.7 Å². The van der Waals surface area contributed by atoms with Crippen LogP contribution < -0.4 is 10.1 Å². The lowest BCUT2D eigenvalue weighted by Crippen LogP contribution is -2.17. The minimum absolute atomic E-state index is 0.337. The van der Waals surface area contributed by atoms with Crippen molar-refractivity contribution in [3.05, 3.63) is 64.8 Å². The normalized spacial score (nSPS) is 15.7. The molecule has 0 spiro atoms. The fourth-order valence-corrected chi connectivity index (χ4v) is 2.73. The van der Waals surface area contributed by atoms with Crippen molar-refractivity contribution in [3.63, 3.8) is 0 Å². The van der Waals surface area contributed by atoms with Gasteiger partial charge in [-0.15, -0.1) is 0 Å². The maximum Gasteiger partial charge on any atom is 0.290 e. The number of carbonyl (C=O) groups excluding carboxylic acids is 2. The first-order valence-corrected chi connectivity index (χ1v) is 7.90. The van der Waals surface area contributed by atoms with Crippen molar-refractivity contribution in [2.45, 2.75) is 6.42 Å². The maximum atomic E-state index is 11.5. The number of ether oxygens (including phenoxy) is 1. The first kappa shape index (κ1) is 15.3. The third kappa shape index (κ3) is 4.20. The molecule has 1 fully saturated rings. The molecular formula is C17H14N2O3S. The zero-order valence-corrected chi connectivity index (χ0v) is 13.0. The van der Waals surface area contributed by atoms with Crippen LogP contribution in [0.2, 0.25) is 0 Å². The highest BCUT2D eigenvalue weighted by Gasteiger charge is 2.24. The van der Waals surface area contributed by atoms with Crippen LogP contribution in [0.15, 0.2) is 53.6 Å². The topological polar surface area (TPSA) is 68.3 Å². The van der Waals surface area contributed by atoms with E-state index < -0.39 is 0 Å². The number of rotatable bonds is 5. The molecule has 1 aliphatic rings. The number of thioether (sulfide) groups is 1. The molecule has 0 radical (unpaired) electrons. The van der Waals surface area contributed by atoms with Crippen LogP contribution in [0, 0.1) is 0 Å². The molecule has 6 heteroatoms. The maximum absolute atomic E-state index is 11.5. The summed E-state index contributed by atoms with van der Waals surface area (Å²) in [6.07, 6.45) is 4.19. The zero-order valence-electron chi connectivity index (χ0n) is 12.2. The largest absolute Gasteiger partial charge is 0.493 e. The molecule has 0 aliphatic carbocycles. The smallest absolute Gasteiger partial charge is 0.290 e. The first-order chi connectivity index (χ1) is 11.2. The van der Waals surface area contributed by atoms with Crippen LogP contribution >= 0.6 is 11.8 Å². The van der Waals surface area contributed by atoms with Gasteiger partial charge in [-0.05, 0) is 47.7 Å². The number of hydrogen-bond acceptors (Lipinski definition) is 5. The van der Waals surface area contributed by atoms with Gasteiger partial charge in [-0.25, -0.2) is 0 Å². The molecular weight excluding hydrogens is 312 g/mol. The van der Waals surface area contributed by atoms with Crippen molar-refractivity contribution in [1.29, 1.82) is 0 Å². The van der Waals surface area contributed by atoms with E-state index in [1.807, 2.05) is 42.5 Å². The lowest BCUT2D eigenvalue weighted by Gasteiger charge is -2.06. The van der Waals surface area contributed by atoms with Gasteiger partial charge in [-0.2, -0.15) is 0 Å². The third-order valence-corrected chi connectivity index (χ3v) is 3.98. The van der Waals surface area contributed by atoms with Crippen LogP contribution in [0.4, 0.5) is 4.79 Å². The van der Waals surface area contributed by atoms with Gasteiger partial charge in [0.05, 0.1) is 11.5 Å². The standard InChI is InChI=1S/C17H14N2O3S/c20-16-15(23-17(21)19-16)11-12-4-6-14(7-5-12)22-10-8-13-3-1-2-9-18-13/h1-7,9,11H,8,10H2,(H,19,20,21). The van der Waals surface area contributed by atoms with E-state index in [0.29, 0.717) is 11.5 Å². The van der Waals surface area contributed by atoms with E-state index >= 15 is 0 Å². The Labute approximate surface area is 137 Å². The van der Waals surface area contributed by atoms with E-state index in [-0.39, 0.29) is 11.1 Å². The summed E-state index contributed by atoms with van der Waals surface area (Å²) in [5, 5.41) is 1.89. The van der Waals surface area contributed by atoms with E-state index in [2.05, 4.69) is 10.3 Å². The number of nitrogens with one attached hydrogen (secondary N) is 1.